The van der Waals surface area contributed by atoms with Crippen molar-refractivity contribution >= 4 is 28.2 Å². The minimum absolute atomic E-state index is 0.0246. The number of amides is 2. The van der Waals surface area contributed by atoms with Gasteiger partial charge in [0.15, 0.2) is 28.9 Å². The Labute approximate surface area is 288 Å². The van der Waals surface area contributed by atoms with Crippen LogP contribution in [0.1, 0.15) is 79.2 Å². The highest BCUT2D eigenvalue weighted by molar-refractivity contribution is 7.16. The molecule has 4 aromatic heterocycles. The van der Waals surface area contributed by atoms with Crippen LogP contribution in [0.25, 0.3) is 17.3 Å². The first-order valence-corrected chi connectivity index (χ1v) is 17.9. The van der Waals surface area contributed by atoms with Crippen molar-refractivity contribution in [2.24, 2.45) is 0 Å². The number of fused-ring (bicyclic) bond motifs is 4. The first-order chi connectivity index (χ1) is 23.8. The Morgan fingerprint density at radius 3 is 2.88 bits per heavy atom. The van der Waals surface area contributed by atoms with Crippen molar-refractivity contribution in [2.75, 3.05) is 37.9 Å². The molecule has 6 heterocycles. The van der Waals surface area contributed by atoms with Crippen molar-refractivity contribution in [1.29, 1.82) is 5.26 Å². The maximum Gasteiger partial charge on any atom is 0.320 e. The zero-order chi connectivity index (χ0) is 33.7. The van der Waals surface area contributed by atoms with E-state index >= 15 is 0 Å². The number of hydrogen-bond donors (Lipinski definition) is 3. The normalized spacial score (nSPS) is 23.9. The maximum atomic E-state index is 12.6. The average molecular weight is 685 g/mol. The van der Waals surface area contributed by atoms with Crippen LogP contribution in [0.5, 0.6) is 5.88 Å². The fourth-order valence-corrected chi connectivity index (χ4v) is 9.38. The number of aryl methyl sites for hydroxylation is 1. The summed E-state index contributed by atoms with van der Waals surface area (Å²) < 4.78 is 19.7. The largest absolute Gasteiger partial charge is 0.473 e. The number of nitrogens with one attached hydrogen (secondary N) is 2. The van der Waals surface area contributed by atoms with E-state index in [1.54, 1.807) is 23.0 Å². The molecular formula is C34H40N10O4S. The summed E-state index contributed by atoms with van der Waals surface area (Å²) in [4.78, 5) is 25.9. The zero-order valence-corrected chi connectivity index (χ0v) is 28.5. The number of nitrogen functional groups attached to an aromatic ring is 1. The molecule has 0 radical (unpaired) electrons. The van der Waals surface area contributed by atoms with Crippen LogP contribution in [0.3, 0.4) is 0 Å². The topological polar surface area (TPSA) is 182 Å². The van der Waals surface area contributed by atoms with Crippen molar-refractivity contribution in [3.05, 3.63) is 45.7 Å². The molecule has 1 spiro atoms. The fraction of sp³-hybridized carbons (Fsp3) is 0.529. The molecule has 2 saturated heterocycles. The standard InChI is InChI=1S/C34H40N10O4S/c1-19(23-7-5-13-43(23)2)47-27-16-26(44-14-9-25(41-44)38-33(45)37-20-10-15-46-18-20)39-32(40-27)29-21-6-3-11-34(30(21)48-42-29)12-4-8-24-28(34)22(17-35)31(36)49-24/h9,14,16,19-20,23H,3-8,10-13,15,18,36H2,1-2H3,(H2,37,38,41,45)/t19-,20-,23-,34?/m0/s1. The zero-order valence-electron chi connectivity index (χ0n) is 27.7. The summed E-state index contributed by atoms with van der Waals surface area (Å²) in [5.74, 6) is 2.38. The second-order valence-corrected chi connectivity index (χ2v) is 14.7. The lowest BCUT2D eigenvalue weighted by Crippen LogP contribution is -2.38. The molecule has 1 unspecified atom stereocenters. The van der Waals surface area contributed by atoms with Crippen LogP contribution in [0.4, 0.5) is 15.6 Å². The average Bonchev–Trinajstić information content (AvgIpc) is 3.92. The number of anilines is 2. The van der Waals surface area contributed by atoms with Crippen LogP contribution in [-0.4, -0.2) is 80.8 Å². The molecule has 0 saturated carbocycles. The molecule has 4 aromatic rings. The lowest BCUT2D eigenvalue weighted by Gasteiger charge is -2.39. The number of likely N-dealkylation sites (N-methyl/N-ethyl adjacent to an activating group) is 1. The highest BCUT2D eigenvalue weighted by Gasteiger charge is 2.49. The molecule has 2 aliphatic heterocycles. The van der Waals surface area contributed by atoms with Gasteiger partial charge >= 0.3 is 6.03 Å². The van der Waals surface area contributed by atoms with Gasteiger partial charge in [-0.2, -0.15) is 10.2 Å². The molecule has 0 bridgehead atoms. The fourth-order valence-electron chi connectivity index (χ4n) is 8.22. The van der Waals surface area contributed by atoms with E-state index in [4.69, 9.17) is 29.7 Å². The second-order valence-electron chi connectivity index (χ2n) is 13.6. The van der Waals surface area contributed by atoms with E-state index in [1.165, 1.54) is 16.2 Å². The molecule has 4 N–H and O–H groups in total. The molecule has 2 amide bonds. The molecule has 4 aliphatic rings. The predicted octanol–water partition coefficient (Wildman–Crippen LogP) is 4.56. The maximum absolute atomic E-state index is 12.6. The third-order valence-electron chi connectivity index (χ3n) is 10.5. The van der Waals surface area contributed by atoms with E-state index in [0.29, 0.717) is 52.8 Å². The number of likely N-dealkylation sites (tertiary alicyclic amines) is 1. The van der Waals surface area contributed by atoms with Crippen molar-refractivity contribution in [3.63, 3.8) is 0 Å². The molecular weight excluding hydrogens is 645 g/mol. The Bertz CT molecular complexity index is 1920. The number of carbonyl (C=O) groups excluding carboxylic acids is 1. The summed E-state index contributed by atoms with van der Waals surface area (Å²) in [6, 6.07) is 5.75. The van der Waals surface area contributed by atoms with E-state index < -0.39 is 5.41 Å². The van der Waals surface area contributed by atoms with Crippen LogP contribution in [0.15, 0.2) is 22.9 Å². The first kappa shape index (κ1) is 31.7. The van der Waals surface area contributed by atoms with Gasteiger partial charge in [-0.3, -0.25) is 10.2 Å². The summed E-state index contributed by atoms with van der Waals surface area (Å²) in [5, 5.41) is 25.6. The molecule has 2 fully saturated rings. The molecule has 8 rings (SSSR count). The van der Waals surface area contributed by atoms with Crippen LogP contribution < -0.4 is 21.1 Å². The molecule has 4 atom stereocenters. The molecule has 49 heavy (non-hydrogen) atoms. The Morgan fingerprint density at radius 1 is 1.24 bits per heavy atom. The smallest absolute Gasteiger partial charge is 0.320 e. The monoisotopic (exact) mass is 684 g/mol. The van der Waals surface area contributed by atoms with Crippen LogP contribution in [0, 0.1) is 11.3 Å². The summed E-state index contributed by atoms with van der Waals surface area (Å²) >= 11 is 1.52. The molecule has 256 valence electrons. The van der Waals surface area contributed by atoms with Crippen LogP contribution in [0.2, 0.25) is 0 Å². The summed E-state index contributed by atoms with van der Waals surface area (Å²) in [7, 11) is 2.12. The van der Waals surface area contributed by atoms with Crippen molar-refractivity contribution in [2.45, 2.75) is 88.3 Å². The number of thiophene rings is 1. The van der Waals surface area contributed by atoms with E-state index in [9.17, 15) is 10.1 Å². The highest BCUT2D eigenvalue weighted by Crippen LogP contribution is 2.55. The number of urea groups is 1. The molecule has 15 heteroatoms. The lowest BCUT2D eigenvalue weighted by molar-refractivity contribution is 0.117. The Kier molecular flexibility index (Phi) is 8.25. The Morgan fingerprint density at radius 2 is 2.10 bits per heavy atom. The van der Waals surface area contributed by atoms with Crippen molar-refractivity contribution < 1.29 is 18.8 Å². The summed E-state index contributed by atoms with van der Waals surface area (Å²) in [6.07, 6.45) is 9.81. The molecule has 14 nitrogen and oxygen atoms in total. The minimum Gasteiger partial charge on any atom is -0.473 e. The van der Waals surface area contributed by atoms with Crippen molar-refractivity contribution in [3.8, 4) is 29.3 Å². The lowest BCUT2D eigenvalue weighted by atomic mass is 9.63. The number of carbonyl (C=O) groups is 1. The van der Waals surface area contributed by atoms with Gasteiger partial charge in [0.25, 0.3) is 0 Å². The van der Waals surface area contributed by atoms with Crippen LogP contribution >= 0.6 is 11.3 Å². The second kappa shape index (κ2) is 12.7. The first-order valence-electron chi connectivity index (χ1n) is 17.1. The third kappa shape index (κ3) is 5.71. The summed E-state index contributed by atoms with van der Waals surface area (Å²) in [6.45, 7) is 4.23. The van der Waals surface area contributed by atoms with Gasteiger partial charge in [-0.15, -0.1) is 16.4 Å². The van der Waals surface area contributed by atoms with E-state index in [0.717, 1.165) is 81.2 Å². The van der Waals surface area contributed by atoms with Gasteiger partial charge in [0.2, 0.25) is 5.88 Å². The van der Waals surface area contributed by atoms with Gasteiger partial charge in [-0.25, -0.2) is 14.5 Å². The molecule has 2 aliphatic carbocycles. The SMILES string of the molecule is C[C@H](Oc1cc(-n2ccc(NC(=O)N[C@H]3CCOC3)n2)nc(-c2noc3c2CCCC32CCCc3sc(N)c(C#N)c32)n1)[C@@H]1CCCN1C. The van der Waals surface area contributed by atoms with Crippen molar-refractivity contribution in [1.82, 2.24) is 35.1 Å². The van der Waals surface area contributed by atoms with Gasteiger partial charge in [-0.05, 0) is 83.9 Å². The number of nitrogens with zero attached hydrogens (tertiary/aromatic N) is 7. The quantitative estimate of drug-likeness (QED) is 0.248. The number of aromatic nitrogens is 5. The minimum atomic E-state index is -0.460. The number of rotatable bonds is 7. The van der Waals surface area contributed by atoms with Gasteiger partial charge in [-0.1, -0.05) is 5.16 Å². The Balaban J connectivity index is 1.16. The van der Waals surface area contributed by atoms with Gasteiger partial charge in [0.1, 0.15) is 17.2 Å². The third-order valence-corrected chi connectivity index (χ3v) is 11.6. The Hall–Kier alpha value is -4.52. The molecule has 0 aromatic carbocycles. The van der Waals surface area contributed by atoms with E-state index in [1.807, 2.05) is 0 Å². The number of nitriles is 1. The highest BCUT2D eigenvalue weighted by atomic mass is 32.1. The number of nitrogens with two attached hydrogens (primary N) is 1. The summed E-state index contributed by atoms with van der Waals surface area (Å²) in [5.41, 5.74) is 8.99. The number of hydrogen-bond acceptors (Lipinski definition) is 12. The van der Waals surface area contributed by atoms with Gasteiger partial charge in [0.05, 0.1) is 23.6 Å². The van der Waals surface area contributed by atoms with E-state index in [-0.39, 0.29) is 24.2 Å². The number of ether oxygens (including phenoxy) is 2. The predicted molar refractivity (Wildman–Crippen MR) is 182 cm³/mol. The van der Waals surface area contributed by atoms with Gasteiger partial charge in [0, 0.05) is 41.4 Å². The van der Waals surface area contributed by atoms with Gasteiger partial charge < -0.3 is 25.0 Å². The van der Waals surface area contributed by atoms with E-state index in [2.05, 4.69) is 45.8 Å². The van der Waals surface area contributed by atoms with Crippen LogP contribution in [-0.2, 0) is 23.0 Å².